The summed E-state index contributed by atoms with van der Waals surface area (Å²) in [7, 11) is 0. The molecule has 0 unspecified atom stereocenters. The number of ether oxygens (including phenoxy) is 1. The first kappa shape index (κ1) is 16.8. The Balaban J connectivity index is 1.75. The summed E-state index contributed by atoms with van der Waals surface area (Å²) < 4.78 is 21.3. The number of benzene rings is 2. The Bertz CT molecular complexity index is 974. The van der Waals surface area contributed by atoms with E-state index in [0.29, 0.717) is 32.0 Å². The summed E-state index contributed by atoms with van der Waals surface area (Å²) in [5, 5.41) is 4.75. The lowest BCUT2D eigenvalue weighted by atomic mass is 10.1. The largest absolute Gasteiger partial charge is 0.378 e. The van der Waals surface area contributed by atoms with E-state index in [2.05, 4.69) is 23.7 Å². The number of nitrogens with zero attached hydrogens (tertiary/aromatic N) is 2. The zero-order chi connectivity index (χ0) is 18.3. The van der Waals surface area contributed by atoms with E-state index in [1.807, 2.05) is 24.3 Å². The first-order valence-corrected chi connectivity index (χ1v) is 8.91. The van der Waals surface area contributed by atoms with Crippen LogP contribution in [0.25, 0.3) is 21.8 Å². The molecule has 0 spiro atoms. The Hall–Kier alpha value is -2.60. The molecule has 6 heteroatoms. The van der Waals surface area contributed by atoms with Crippen molar-refractivity contribution in [3.63, 3.8) is 0 Å². The molecule has 1 N–H and O–H groups in total. The van der Waals surface area contributed by atoms with Crippen molar-refractivity contribution >= 4 is 33.5 Å². The standard InChI is InChI=1S/C20H22FN3O2/c1-13(2)24-18-5-3-14(21)11-16(18)17-12-15(4-6-19(17)24)22-20(25)23-7-9-26-10-8-23/h3-6,11-13H,7-10H2,1-2H3,(H,22,25). The number of amides is 2. The fourth-order valence-corrected chi connectivity index (χ4v) is 3.63. The Labute approximate surface area is 151 Å². The van der Waals surface area contributed by atoms with Crippen LogP contribution in [0, 0.1) is 5.82 Å². The summed E-state index contributed by atoms with van der Waals surface area (Å²) in [5.41, 5.74) is 2.74. The average Bonchev–Trinajstić information content (AvgIpc) is 2.96. The van der Waals surface area contributed by atoms with E-state index >= 15 is 0 Å². The van der Waals surface area contributed by atoms with Crippen LogP contribution in [0.1, 0.15) is 19.9 Å². The molecule has 0 aliphatic carbocycles. The molecular weight excluding hydrogens is 333 g/mol. The summed E-state index contributed by atoms with van der Waals surface area (Å²) in [5.74, 6) is -0.261. The van der Waals surface area contributed by atoms with Gasteiger partial charge in [-0.15, -0.1) is 0 Å². The van der Waals surface area contributed by atoms with Crippen LogP contribution < -0.4 is 5.32 Å². The Morgan fingerprint density at radius 2 is 1.73 bits per heavy atom. The molecule has 0 radical (unpaired) electrons. The summed E-state index contributed by atoms with van der Waals surface area (Å²) in [6, 6.07) is 10.8. The minimum atomic E-state index is -0.261. The van der Waals surface area contributed by atoms with E-state index in [0.717, 1.165) is 21.8 Å². The van der Waals surface area contributed by atoms with Crippen molar-refractivity contribution in [2.45, 2.75) is 19.9 Å². The molecule has 1 fully saturated rings. The summed E-state index contributed by atoms with van der Waals surface area (Å²) >= 11 is 0. The molecule has 1 aliphatic rings. The quantitative estimate of drug-likeness (QED) is 0.742. The second-order valence-corrected chi connectivity index (χ2v) is 6.89. The van der Waals surface area contributed by atoms with Crippen molar-refractivity contribution in [3.8, 4) is 0 Å². The summed E-state index contributed by atoms with van der Waals surface area (Å²) in [6.07, 6.45) is 0. The Morgan fingerprint density at radius 1 is 1.08 bits per heavy atom. The number of halogens is 1. The lowest BCUT2D eigenvalue weighted by Gasteiger charge is -2.26. The third kappa shape index (κ3) is 2.90. The number of hydrogen-bond acceptors (Lipinski definition) is 2. The number of carbonyl (C=O) groups excluding carboxylic acids is 1. The van der Waals surface area contributed by atoms with Gasteiger partial charge in [-0.3, -0.25) is 0 Å². The van der Waals surface area contributed by atoms with Crippen molar-refractivity contribution in [2.75, 3.05) is 31.6 Å². The maximum absolute atomic E-state index is 13.8. The predicted octanol–water partition coefficient (Wildman–Crippen LogP) is 4.38. The van der Waals surface area contributed by atoms with E-state index in [4.69, 9.17) is 4.74 Å². The SMILES string of the molecule is CC(C)n1c2ccc(F)cc2c2cc(NC(=O)N3CCOCC3)ccc21. The summed E-state index contributed by atoms with van der Waals surface area (Å²) in [4.78, 5) is 14.2. The maximum atomic E-state index is 13.8. The van der Waals surface area contributed by atoms with Crippen LogP contribution in [-0.4, -0.2) is 41.8 Å². The summed E-state index contributed by atoms with van der Waals surface area (Å²) in [6.45, 7) is 6.52. The van der Waals surface area contributed by atoms with E-state index in [9.17, 15) is 9.18 Å². The molecular formula is C20H22FN3O2. The van der Waals surface area contributed by atoms with Gasteiger partial charge in [0.2, 0.25) is 0 Å². The van der Waals surface area contributed by atoms with Gasteiger partial charge in [0.15, 0.2) is 0 Å². The highest BCUT2D eigenvalue weighted by molar-refractivity contribution is 6.09. The van der Waals surface area contributed by atoms with Crippen molar-refractivity contribution in [2.24, 2.45) is 0 Å². The zero-order valence-electron chi connectivity index (χ0n) is 15.0. The zero-order valence-corrected chi connectivity index (χ0v) is 15.0. The van der Waals surface area contributed by atoms with Gasteiger partial charge in [0, 0.05) is 46.6 Å². The van der Waals surface area contributed by atoms with Gasteiger partial charge in [-0.05, 0) is 50.2 Å². The van der Waals surface area contributed by atoms with E-state index in [1.165, 1.54) is 6.07 Å². The van der Waals surface area contributed by atoms with Crippen LogP contribution in [0.3, 0.4) is 0 Å². The number of morpholine rings is 1. The molecule has 5 nitrogen and oxygen atoms in total. The number of urea groups is 1. The van der Waals surface area contributed by atoms with Crippen LogP contribution in [0.2, 0.25) is 0 Å². The number of carbonyl (C=O) groups is 1. The lowest BCUT2D eigenvalue weighted by Crippen LogP contribution is -2.43. The van der Waals surface area contributed by atoms with Crippen LogP contribution in [-0.2, 0) is 4.74 Å². The molecule has 2 heterocycles. The van der Waals surface area contributed by atoms with Crippen LogP contribution in [0.5, 0.6) is 0 Å². The molecule has 1 aromatic heterocycles. The minimum Gasteiger partial charge on any atom is -0.378 e. The fraction of sp³-hybridized carbons (Fsp3) is 0.350. The van der Waals surface area contributed by atoms with Crippen LogP contribution in [0.4, 0.5) is 14.9 Å². The molecule has 0 atom stereocenters. The van der Waals surface area contributed by atoms with Gasteiger partial charge in [-0.25, -0.2) is 9.18 Å². The van der Waals surface area contributed by atoms with Crippen molar-refractivity contribution in [1.29, 1.82) is 0 Å². The smallest absolute Gasteiger partial charge is 0.321 e. The minimum absolute atomic E-state index is 0.133. The highest BCUT2D eigenvalue weighted by atomic mass is 19.1. The van der Waals surface area contributed by atoms with E-state index < -0.39 is 0 Å². The highest BCUT2D eigenvalue weighted by Crippen LogP contribution is 2.34. The topological polar surface area (TPSA) is 46.5 Å². The molecule has 4 rings (SSSR count). The molecule has 26 heavy (non-hydrogen) atoms. The predicted molar refractivity (Wildman–Crippen MR) is 101 cm³/mol. The molecule has 2 aromatic carbocycles. The molecule has 0 bridgehead atoms. The van der Waals surface area contributed by atoms with Crippen molar-refractivity contribution < 1.29 is 13.9 Å². The maximum Gasteiger partial charge on any atom is 0.321 e. The second-order valence-electron chi connectivity index (χ2n) is 6.89. The fourth-order valence-electron chi connectivity index (χ4n) is 3.63. The number of rotatable bonds is 2. The molecule has 2 amide bonds. The molecule has 3 aromatic rings. The lowest BCUT2D eigenvalue weighted by molar-refractivity contribution is 0.0564. The normalized spacial score (nSPS) is 15.2. The third-order valence-electron chi connectivity index (χ3n) is 4.83. The highest BCUT2D eigenvalue weighted by Gasteiger charge is 2.18. The van der Waals surface area contributed by atoms with Crippen molar-refractivity contribution in [3.05, 3.63) is 42.2 Å². The van der Waals surface area contributed by atoms with Gasteiger partial charge in [0.25, 0.3) is 0 Å². The van der Waals surface area contributed by atoms with Gasteiger partial charge < -0.3 is 19.5 Å². The Kier molecular flexibility index (Phi) is 4.28. The van der Waals surface area contributed by atoms with Crippen LogP contribution in [0.15, 0.2) is 36.4 Å². The average molecular weight is 355 g/mol. The molecule has 1 saturated heterocycles. The van der Waals surface area contributed by atoms with E-state index in [-0.39, 0.29) is 17.9 Å². The second kappa shape index (κ2) is 6.61. The Morgan fingerprint density at radius 3 is 2.42 bits per heavy atom. The number of aromatic nitrogens is 1. The van der Waals surface area contributed by atoms with Gasteiger partial charge in [-0.2, -0.15) is 0 Å². The number of hydrogen-bond donors (Lipinski definition) is 1. The van der Waals surface area contributed by atoms with E-state index in [1.54, 1.807) is 11.0 Å². The van der Waals surface area contributed by atoms with Crippen molar-refractivity contribution in [1.82, 2.24) is 9.47 Å². The van der Waals surface area contributed by atoms with Gasteiger partial charge >= 0.3 is 6.03 Å². The molecule has 136 valence electrons. The number of fused-ring (bicyclic) bond motifs is 3. The monoisotopic (exact) mass is 355 g/mol. The molecule has 0 saturated carbocycles. The van der Waals surface area contributed by atoms with Gasteiger partial charge in [0.1, 0.15) is 5.82 Å². The third-order valence-corrected chi connectivity index (χ3v) is 4.83. The van der Waals surface area contributed by atoms with Gasteiger partial charge in [-0.1, -0.05) is 0 Å². The first-order valence-electron chi connectivity index (χ1n) is 8.91. The van der Waals surface area contributed by atoms with Crippen LogP contribution >= 0.6 is 0 Å². The number of nitrogens with one attached hydrogen (secondary N) is 1. The first-order chi connectivity index (χ1) is 12.5. The number of anilines is 1. The molecule has 1 aliphatic heterocycles. The van der Waals surface area contributed by atoms with Gasteiger partial charge in [0.05, 0.1) is 13.2 Å².